The van der Waals surface area contributed by atoms with Crippen molar-refractivity contribution in [1.29, 1.82) is 0 Å². The van der Waals surface area contributed by atoms with Gasteiger partial charge in [-0.15, -0.1) is 0 Å². The summed E-state index contributed by atoms with van der Waals surface area (Å²) in [5.74, 6) is -0.877. The van der Waals surface area contributed by atoms with Crippen molar-refractivity contribution in [3.63, 3.8) is 0 Å². The van der Waals surface area contributed by atoms with E-state index in [9.17, 15) is 9.18 Å². The maximum Gasteiger partial charge on any atom is 0.338 e. The van der Waals surface area contributed by atoms with Gasteiger partial charge in [-0.3, -0.25) is 4.90 Å². The number of hydrogen-bond acceptors (Lipinski definition) is 3. The molecule has 4 heteroatoms. The van der Waals surface area contributed by atoms with Gasteiger partial charge in [0.15, 0.2) is 0 Å². The molecule has 0 spiro atoms. The molecule has 0 aromatic heterocycles. The molecule has 0 amide bonds. The maximum absolute atomic E-state index is 13.0. The highest BCUT2D eigenvalue weighted by molar-refractivity contribution is 5.89. The van der Waals surface area contributed by atoms with Gasteiger partial charge < -0.3 is 4.74 Å². The first-order chi connectivity index (χ1) is 8.65. The van der Waals surface area contributed by atoms with Crippen molar-refractivity contribution >= 4 is 5.97 Å². The van der Waals surface area contributed by atoms with E-state index in [1.54, 1.807) is 6.07 Å². The van der Waals surface area contributed by atoms with E-state index in [1.165, 1.54) is 31.0 Å². The molecule has 1 heterocycles. The molecule has 0 bridgehead atoms. The van der Waals surface area contributed by atoms with Gasteiger partial charge in [0.05, 0.1) is 5.56 Å². The minimum Gasteiger partial charge on any atom is -0.458 e. The first kappa shape index (κ1) is 13.0. The van der Waals surface area contributed by atoms with Gasteiger partial charge in [-0.25, -0.2) is 9.18 Å². The van der Waals surface area contributed by atoms with Crippen LogP contribution in [0.2, 0.25) is 0 Å². The summed E-state index contributed by atoms with van der Waals surface area (Å²) in [5, 5.41) is 0. The van der Waals surface area contributed by atoms with Crippen LogP contribution in [0.3, 0.4) is 0 Å². The summed E-state index contributed by atoms with van der Waals surface area (Å²) in [6, 6.07) is 5.58. The summed E-state index contributed by atoms with van der Waals surface area (Å²) in [6.07, 6.45) is 2.26. The van der Waals surface area contributed by atoms with E-state index in [-0.39, 0.29) is 11.7 Å². The molecule has 0 radical (unpaired) electrons. The monoisotopic (exact) mass is 251 g/mol. The van der Waals surface area contributed by atoms with Crippen LogP contribution < -0.4 is 0 Å². The molecule has 3 nitrogen and oxygen atoms in total. The van der Waals surface area contributed by atoms with Crippen molar-refractivity contribution in [2.45, 2.75) is 25.9 Å². The molecular weight excluding hydrogens is 233 g/mol. The molecule has 0 saturated carbocycles. The molecule has 18 heavy (non-hydrogen) atoms. The molecule has 1 saturated heterocycles. The fourth-order valence-corrected chi connectivity index (χ4v) is 2.23. The Morgan fingerprint density at radius 1 is 1.44 bits per heavy atom. The lowest BCUT2D eigenvalue weighted by molar-refractivity contribution is 0.0270. The number of nitrogens with zero attached hydrogens (tertiary/aromatic N) is 1. The van der Waals surface area contributed by atoms with Crippen LogP contribution in [-0.2, 0) is 4.74 Å². The van der Waals surface area contributed by atoms with E-state index >= 15 is 0 Å². The lowest BCUT2D eigenvalue weighted by Gasteiger charge is -2.20. The Morgan fingerprint density at radius 3 is 2.83 bits per heavy atom. The van der Waals surface area contributed by atoms with Gasteiger partial charge in [0, 0.05) is 6.54 Å². The fourth-order valence-electron chi connectivity index (χ4n) is 2.23. The van der Waals surface area contributed by atoms with Crippen LogP contribution in [0.25, 0.3) is 0 Å². The molecule has 1 aliphatic rings. The summed E-state index contributed by atoms with van der Waals surface area (Å²) in [5.41, 5.74) is 0.267. The van der Waals surface area contributed by atoms with Crippen LogP contribution in [0.4, 0.5) is 4.39 Å². The minimum absolute atomic E-state index is 0.168. The smallest absolute Gasteiger partial charge is 0.338 e. The zero-order valence-corrected chi connectivity index (χ0v) is 10.6. The van der Waals surface area contributed by atoms with E-state index in [2.05, 4.69) is 4.90 Å². The zero-order chi connectivity index (χ0) is 13.0. The van der Waals surface area contributed by atoms with Crippen LogP contribution in [0.1, 0.15) is 30.1 Å². The Morgan fingerprint density at radius 2 is 2.17 bits per heavy atom. The van der Waals surface area contributed by atoms with Crippen molar-refractivity contribution < 1.29 is 13.9 Å². The summed E-state index contributed by atoms with van der Waals surface area (Å²) >= 11 is 0. The number of carbonyl (C=O) groups is 1. The van der Waals surface area contributed by atoms with Crippen LogP contribution in [0, 0.1) is 5.82 Å². The third-order valence-corrected chi connectivity index (χ3v) is 3.08. The highest BCUT2D eigenvalue weighted by Crippen LogP contribution is 2.11. The lowest BCUT2D eigenvalue weighted by Crippen LogP contribution is -2.31. The third-order valence-electron chi connectivity index (χ3n) is 3.08. The molecule has 1 aliphatic heterocycles. The number of ether oxygens (including phenoxy) is 1. The molecule has 0 aliphatic carbocycles. The van der Waals surface area contributed by atoms with Crippen LogP contribution >= 0.6 is 0 Å². The molecule has 98 valence electrons. The zero-order valence-electron chi connectivity index (χ0n) is 10.6. The normalized spacial score (nSPS) is 17.7. The second kappa shape index (κ2) is 5.96. The highest BCUT2D eigenvalue weighted by atomic mass is 19.1. The van der Waals surface area contributed by atoms with Crippen molar-refractivity contribution in [3.8, 4) is 0 Å². The molecule has 0 N–H and O–H groups in total. The topological polar surface area (TPSA) is 29.5 Å². The van der Waals surface area contributed by atoms with E-state index in [0.29, 0.717) is 0 Å². The number of likely N-dealkylation sites (tertiary alicyclic amines) is 1. The Labute approximate surface area is 107 Å². The number of rotatable bonds is 4. The van der Waals surface area contributed by atoms with Crippen LogP contribution in [-0.4, -0.2) is 36.6 Å². The predicted octanol–water partition coefficient (Wildman–Crippen LogP) is 2.47. The number of hydrogen-bond donors (Lipinski definition) is 0. The lowest BCUT2D eigenvalue weighted by atomic mass is 10.2. The molecule has 2 rings (SSSR count). The van der Waals surface area contributed by atoms with Gasteiger partial charge >= 0.3 is 5.97 Å². The highest BCUT2D eigenvalue weighted by Gasteiger charge is 2.18. The summed E-state index contributed by atoms with van der Waals surface area (Å²) in [4.78, 5) is 14.1. The third kappa shape index (κ3) is 3.53. The Hall–Kier alpha value is -1.42. The van der Waals surface area contributed by atoms with E-state index in [0.717, 1.165) is 19.6 Å². The van der Waals surface area contributed by atoms with E-state index in [1.807, 2.05) is 6.92 Å². The first-order valence-electron chi connectivity index (χ1n) is 6.34. The van der Waals surface area contributed by atoms with E-state index < -0.39 is 11.8 Å². The standard InChI is InChI=1S/C14H18FNO2/c1-11(10-16-7-2-3-8-16)18-14(17)12-5-4-6-13(15)9-12/h4-6,9,11H,2-3,7-8,10H2,1H3/t11-/m1/s1. The second-order valence-corrected chi connectivity index (χ2v) is 4.73. The SMILES string of the molecule is C[C@H](CN1CCCC1)OC(=O)c1cccc(F)c1. The summed E-state index contributed by atoms with van der Waals surface area (Å²) in [7, 11) is 0. The Bertz CT molecular complexity index is 416. The average Bonchev–Trinajstić information content (AvgIpc) is 2.81. The maximum atomic E-state index is 13.0. The number of carbonyl (C=O) groups excluding carboxylic acids is 1. The molecule has 1 aromatic carbocycles. The molecule has 0 unspecified atom stereocenters. The van der Waals surface area contributed by atoms with Gasteiger partial charge in [-0.1, -0.05) is 6.07 Å². The van der Waals surface area contributed by atoms with Gasteiger partial charge in [0.1, 0.15) is 11.9 Å². The Balaban J connectivity index is 1.86. The van der Waals surface area contributed by atoms with Gasteiger partial charge in [0.2, 0.25) is 0 Å². The van der Waals surface area contributed by atoms with Crippen molar-refractivity contribution in [1.82, 2.24) is 4.90 Å². The molecule has 1 fully saturated rings. The largest absolute Gasteiger partial charge is 0.458 e. The minimum atomic E-state index is -0.457. The van der Waals surface area contributed by atoms with Crippen LogP contribution in [0.15, 0.2) is 24.3 Å². The van der Waals surface area contributed by atoms with E-state index in [4.69, 9.17) is 4.74 Å². The summed E-state index contributed by atoms with van der Waals surface area (Å²) < 4.78 is 18.3. The second-order valence-electron chi connectivity index (χ2n) is 4.73. The Kier molecular flexibility index (Phi) is 4.31. The van der Waals surface area contributed by atoms with Crippen molar-refractivity contribution in [2.75, 3.05) is 19.6 Å². The molecular formula is C14H18FNO2. The fraction of sp³-hybridized carbons (Fsp3) is 0.500. The molecule has 1 atom stereocenters. The van der Waals surface area contributed by atoms with Crippen LogP contribution in [0.5, 0.6) is 0 Å². The van der Waals surface area contributed by atoms with Crippen molar-refractivity contribution in [2.24, 2.45) is 0 Å². The number of benzene rings is 1. The molecule has 1 aromatic rings. The number of esters is 1. The first-order valence-corrected chi connectivity index (χ1v) is 6.34. The van der Waals surface area contributed by atoms with Gasteiger partial charge in [-0.05, 0) is 51.1 Å². The summed E-state index contributed by atoms with van der Waals surface area (Å²) in [6.45, 7) is 4.76. The van der Waals surface area contributed by atoms with Gasteiger partial charge in [0.25, 0.3) is 0 Å². The predicted molar refractivity (Wildman–Crippen MR) is 67.0 cm³/mol. The van der Waals surface area contributed by atoms with Gasteiger partial charge in [-0.2, -0.15) is 0 Å². The number of halogens is 1. The quantitative estimate of drug-likeness (QED) is 0.770. The van der Waals surface area contributed by atoms with Crippen molar-refractivity contribution in [3.05, 3.63) is 35.6 Å². The average molecular weight is 251 g/mol.